The van der Waals surface area contributed by atoms with E-state index in [-0.39, 0.29) is 0 Å². The van der Waals surface area contributed by atoms with Crippen LogP contribution in [-0.4, -0.2) is 0 Å². The molecule has 0 aromatic heterocycles. The first-order valence-corrected chi connectivity index (χ1v) is 12.1. The van der Waals surface area contributed by atoms with Crippen LogP contribution in [0.25, 0.3) is 0 Å². The predicted octanol–water partition coefficient (Wildman–Crippen LogP) is 6.86. The Kier molecular flexibility index (Phi) is 3.33. The highest BCUT2D eigenvalue weighted by molar-refractivity contribution is 5.69. The van der Waals surface area contributed by atoms with Gasteiger partial charge in [0.25, 0.3) is 0 Å². The summed E-state index contributed by atoms with van der Waals surface area (Å²) < 4.78 is 0. The zero-order chi connectivity index (χ0) is 20.8. The Morgan fingerprint density at radius 2 is 0.875 bits per heavy atom. The monoisotopic (exact) mass is 414 g/mol. The molecule has 0 spiro atoms. The van der Waals surface area contributed by atoms with Crippen molar-refractivity contribution in [1.82, 2.24) is 0 Å². The van der Waals surface area contributed by atoms with Gasteiger partial charge in [-0.15, -0.1) is 0 Å². The van der Waals surface area contributed by atoms with E-state index in [1.807, 2.05) is 0 Å². The molecule has 0 radical (unpaired) electrons. The minimum atomic E-state index is 0.653. The standard InChI is InChI=1S/C30H26N2/c1-3-9-19(10-4-1)31-15-16-32(20-11-5-2-6-12-20)30-26-18-25(29(30)31)27-23-17-24(28(26)27)22-14-8-7-13-21(22)23/h1-16,23-28H,17-18H2. The van der Waals surface area contributed by atoms with Crippen molar-refractivity contribution >= 4 is 11.4 Å². The Balaban J connectivity index is 1.30. The molecule has 0 amide bonds. The third-order valence-corrected chi connectivity index (χ3v) is 9.03. The molecule has 32 heavy (non-hydrogen) atoms. The molecule has 0 N–H and O–H groups in total. The van der Waals surface area contributed by atoms with Gasteiger partial charge in [0.15, 0.2) is 0 Å². The molecule has 8 rings (SSSR count). The number of benzene rings is 3. The highest BCUT2D eigenvalue weighted by Crippen LogP contribution is 2.73. The van der Waals surface area contributed by atoms with Gasteiger partial charge in [0.1, 0.15) is 0 Å². The number of allylic oxidation sites excluding steroid dienone is 2. The first kappa shape index (κ1) is 17.3. The minimum absolute atomic E-state index is 0.653. The topological polar surface area (TPSA) is 6.48 Å². The number of hydrogen-bond acceptors (Lipinski definition) is 2. The van der Waals surface area contributed by atoms with Crippen molar-refractivity contribution in [3.05, 3.63) is 120 Å². The molecule has 2 nitrogen and oxygen atoms in total. The van der Waals surface area contributed by atoms with Gasteiger partial charge in [-0.25, -0.2) is 0 Å². The number of fused-ring (bicyclic) bond motifs is 14. The SMILES string of the molecule is C1=CN(c2ccccc2)C2=C(C3CC2C2C4CC(c5ccccc54)C32)N1c1ccccc1. The Hall–Kier alpha value is -3.26. The van der Waals surface area contributed by atoms with Gasteiger partial charge < -0.3 is 9.80 Å². The van der Waals surface area contributed by atoms with Crippen LogP contribution in [0, 0.1) is 23.7 Å². The maximum Gasteiger partial charge on any atom is 0.0462 e. The van der Waals surface area contributed by atoms with Gasteiger partial charge in [-0.3, -0.25) is 0 Å². The van der Waals surface area contributed by atoms with Crippen LogP contribution in [0.5, 0.6) is 0 Å². The summed E-state index contributed by atoms with van der Waals surface area (Å²) in [5.41, 5.74) is 9.03. The molecule has 156 valence electrons. The average molecular weight is 415 g/mol. The van der Waals surface area contributed by atoms with E-state index in [2.05, 4.69) is 107 Å². The van der Waals surface area contributed by atoms with Crippen molar-refractivity contribution < 1.29 is 0 Å². The lowest BCUT2D eigenvalue weighted by molar-refractivity contribution is 0.283. The summed E-state index contributed by atoms with van der Waals surface area (Å²) in [6.45, 7) is 0. The number of rotatable bonds is 2. The molecule has 2 saturated carbocycles. The number of nitrogens with zero attached hydrogens (tertiary/aromatic N) is 2. The van der Waals surface area contributed by atoms with Gasteiger partial charge in [-0.1, -0.05) is 60.7 Å². The van der Waals surface area contributed by atoms with Crippen LogP contribution in [0.15, 0.2) is 109 Å². The molecule has 2 heteroatoms. The second-order valence-electron chi connectivity index (χ2n) is 10.2. The predicted molar refractivity (Wildman–Crippen MR) is 129 cm³/mol. The van der Waals surface area contributed by atoms with Crippen molar-refractivity contribution in [2.45, 2.75) is 24.7 Å². The Morgan fingerprint density at radius 3 is 1.34 bits per heavy atom. The molecule has 3 aromatic carbocycles. The Labute approximate surface area is 189 Å². The van der Waals surface area contributed by atoms with Crippen LogP contribution in [0.1, 0.15) is 35.8 Å². The molecule has 6 unspecified atom stereocenters. The first-order valence-electron chi connectivity index (χ1n) is 12.1. The maximum absolute atomic E-state index is 2.51. The Bertz CT molecular complexity index is 1180. The van der Waals surface area contributed by atoms with Crippen LogP contribution in [0.3, 0.4) is 0 Å². The molecule has 3 aromatic rings. The van der Waals surface area contributed by atoms with E-state index in [1.54, 1.807) is 22.5 Å². The number of anilines is 2. The molecule has 1 aliphatic heterocycles. The van der Waals surface area contributed by atoms with Crippen molar-refractivity contribution in [3.8, 4) is 0 Å². The molecule has 4 bridgehead atoms. The van der Waals surface area contributed by atoms with Gasteiger partial charge in [0, 0.05) is 47.0 Å². The Morgan fingerprint density at radius 1 is 0.469 bits per heavy atom. The summed E-state index contributed by atoms with van der Waals surface area (Å²) in [5.74, 6) is 4.40. The fourth-order valence-corrected chi connectivity index (χ4v) is 8.16. The van der Waals surface area contributed by atoms with E-state index >= 15 is 0 Å². The van der Waals surface area contributed by atoms with Crippen molar-refractivity contribution in [2.24, 2.45) is 23.7 Å². The van der Waals surface area contributed by atoms with Crippen LogP contribution in [-0.2, 0) is 0 Å². The fourth-order valence-electron chi connectivity index (χ4n) is 8.16. The zero-order valence-corrected chi connectivity index (χ0v) is 18.0. The fraction of sp³-hybridized carbons (Fsp3) is 0.267. The van der Waals surface area contributed by atoms with Gasteiger partial charge in [0.2, 0.25) is 0 Å². The van der Waals surface area contributed by atoms with Crippen molar-refractivity contribution in [2.75, 3.05) is 9.80 Å². The average Bonchev–Trinajstić information content (AvgIpc) is 3.62. The molecule has 6 atom stereocenters. The van der Waals surface area contributed by atoms with Gasteiger partial charge in [-0.05, 0) is 71.9 Å². The van der Waals surface area contributed by atoms with E-state index < -0.39 is 0 Å². The summed E-state index contributed by atoms with van der Waals surface area (Å²) >= 11 is 0. The normalized spacial score (nSPS) is 33.0. The van der Waals surface area contributed by atoms with Crippen LogP contribution in [0.4, 0.5) is 11.4 Å². The number of hydrogen-bond donors (Lipinski definition) is 0. The lowest BCUT2D eigenvalue weighted by Gasteiger charge is -2.45. The second kappa shape index (κ2) is 6.16. The van der Waals surface area contributed by atoms with Gasteiger partial charge >= 0.3 is 0 Å². The molecule has 1 heterocycles. The van der Waals surface area contributed by atoms with Crippen LogP contribution < -0.4 is 9.80 Å². The highest BCUT2D eigenvalue weighted by atomic mass is 15.3. The van der Waals surface area contributed by atoms with Crippen LogP contribution >= 0.6 is 0 Å². The summed E-state index contributed by atoms with van der Waals surface area (Å²) in [7, 11) is 0. The second-order valence-corrected chi connectivity index (χ2v) is 10.2. The van der Waals surface area contributed by atoms with Crippen molar-refractivity contribution in [1.29, 1.82) is 0 Å². The zero-order valence-electron chi connectivity index (χ0n) is 18.0. The van der Waals surface area contributed by atoms with Gasteiger partial charge in [0.05, 0.1) is 0 Å². The van der Waals surface area contributed by atoms with E-state index in [1.165, 1.54) is 24.2 Å². The first-order chi connectivity index (χ1) is 15.9. The molecule has 0 saturated heterocycles. The van der Waals surface area contributed by atoms with Crippen LogP contribution in [0.2, 0.25) is 0 Å². The van der Waals surface area contributed by atoms with E-state index in [0.717, 1.165) is 23.7 Å². The molecule has 2 fully saturated rings. The summed E-state index contributed by atoms with van der Waals surface area (Å²) in [6, 6.07) is 31.3. The van der Waals surface area contributed by atoms with Crippen molar-refractivity contribution in [3.63, 3.8) is 0 Å². The molecular formula is C30H26N2. The lowest BCUT2D eigenvalue weighted by Crippen LogP contribution is -2.40. The highest BCUT2D eigenvalue weighted by Gasteiger charge is 2.65. The maximum atomic E-state index is 2.51. The summed E-state index contributed by atoms with van der Waals surface area (Å²) in [6.07, 6.45) is 7.29. The summed E-state index contributed by atoms with van der Waals surface area (Å²) in [5, 5.41) is 0. The lowest BCUT2D eigenvalue weighted by atomic mass is 9.69. The smallest absolute Gasteiger partial charge is 0.0462 e. The summed E-state index contributed by atoms with van der Waals surface area (Å²) in [4.78, 5) is 5.01. The van der Waals surface area contributed by atoms with E-state index in [0.29, 0.717) is 11.8 Å². The van der Waals surface area contributed by atoms with E-state index in [9.17, 15) is 0 Å². The molecule has 4 aliphatic carbocycles. The third kappa shape index (κ3) is 2.06. The molecular weight excluding hydrogens is 388 g/mol. The minimum Gasteiger partial charge on any atom is -0.317 e. The third-order valence-electron chi connectivity index (χ3n) is 9.03. The van der Waals surface area contributed by atoms with E-state index in [4.69, 9.17) is 0 Å². The van der Waals surface area contributed by atoms with Gasteiger partial charge in [-0.2, -0.15) is 0 Å². The molecule has 5 aliphatic rings. The largest absolute Gasteiger partial charge is 0.317 e. The quantitative estimate of drug-likeness (QED) is 0.423. The number of para-hydroxylation sites is 2.